The van der Waals surface area contributed by atoms with E-state index in [1.165, 1.54) is 6.07 Å². The van der Waals surface area contributed by atoms with Gasteiger partial charge in [0.15, 0.2) is 6.04 Å². The number of carbonyl (C=O) groups is 1. The van der Waals surface area contributed by atoms with Crippen molar-refractivity contribution in [3.63, 3.8) is 0 Å². The van der Waals surface area contributed by atoms with Gasteiger partial charge in [-0.25, -0.2) is 5.14 Å². The summed E-state index contributed by atoms with van der Waals surface area (Å²) < 4.78 is 23.1. The maximum atomic E-state index is 10.7. The summed E-state index contributed by atoms with van der Waals surface area (Å²) in [4.78, 5) is 11.1. The Bertz CT molecular complexity index is 411. The zero-order chi connectivity index (χ0) is 10.8. The zero-order valence-electron chi connectivity index (χ0n) is 6.88. The van der Waals surface area contributed by atoms with Crippen LogP contribution in [0.25, 0.3) is 0 Å². The molecule has 0 saturated carbocycles. The minimum absolute atomic E-state index is 0.381. The van der Waals surface area contributed by atoms with Crippen molar-refractivity contribution in [1.29, 1.82) is 0 Å². The molecule has 8 heteroatoms. The minimum atomic E-state index is -4.02. The Morgan fingerprint density at radius 3 is 2.64 bits per heavy atom. The Morgan fingerprint density at radius 1 is 1.64 bits per heavy atom. The molecule has 0 fully saturated rings. The molecule has 1 unspecified atom stereocenters. The molecular weight excluding hydrogens is 228 g/mol. The quantitative estimate of drug-likeness (QED) is 0.664. The number of hydrogen-bond donors (Lipinski definition) is 3. The predicted molar refractivity (Wildman–Crippen MR) is 50.9 cm³/mol. The molecule has 0 saturated heterocycles. The van der Waals surface area contributed by atoms with E-state index in [9.17, 15) is 13.2 Å². The van der Waals surface area contributed by atoms with Crippen LogP contribution in [0, 0.1) is 0 Å². The van der Waals surface area contributed by atoms with Crippen LogP contribution >= 0.6 is 11.3 Å². The highest BCUT2D eigenvalue weighted by atomic mass is 32.2. The van der Waals surface area contributed by atoms with Crippen molar-refractivity contribution in [1.82, 2.24) is 4.72 Å². The van der Waals surface area contributed by atoms with E-state index in [-0.39, 0.29) is 0 Å². The fourth-order valence-electron chi connectivity index (χ4n) is 0.850. The monoisotopic (exact) mass is 236 g/mol. The third-order valence-corrected chi connectivity index (χ3v) is 2.86. The average molecular weight is 236 g/mol. The largest absolute Gasteiger partial charge is 0.480 e. The first-order chi connectivity index (χ1) is 6.40. The average Bonchev–Trinajstić information content (AvgIpc) is 2.49. The lowest BCUT2D eigenvalue weighted by atomic mass is 10.3. The lowest BCUT2D eigenvalue weighted by Gasteiger charge is -2.09. The van der Waals surface area contributed by atoms with Crippen LogP contribution in [0.1, 0.15) is 10.9 Å². The molecule has 0 amide bonds. The van der Waals surface area contributed by atoms with E-state index >= 15 is 0 Å². The maximum absolute atomic E-state index is 10.7. The fourth-order valence-corrected chi connectivity index (χ4v) is 2.25. The number of carboxylic acids is 1. The summed E-state index contributed by atoms with van der Waals surface area (Å²) in [5.41, 5.74) is 0. The second-order valence-corrected chi connectivity index (χ2v) is 4.75. The number of rotatable bonds is 4. The van der Waals surface area contributed by atoms with Crippen LogP contribution in [0.15, 0.2) is 17.5 Å². The molecule has 78 valence electrons. The molecule has 1 rings (SSSR count). The Balaban J connectivity index is 2.93. The number of nitrogens with one attached hydrogen (secondary N) is 1. The van der Waals surface area contributed by atoms with Crippen LogP contribution in [0.4, 0.5) is 0 Å². The standard InChI is InChI=1S/C6H8N2O4S2/c7-14(11,12)8-5(6(9)10)4-2-1-3-13-4/h1-3,5,8H,(H,9,10)(H2,7,11,12). The summed E-state index contributed by atoms with van der Waals surface area (Å²) in [5.74, 6) is -1.29. The van der Waals surface area contributed by atoms with Crippen molar-refractivity contribution < 1.29 is 18.3 Å². The Hall–Kier alpha value is -0.960. The topological polar surface area (TPSA) is 109 Å². The molecule has 1 atom stereocenters. The highest BCUT2D eigenvalue weighted by molar-refractivity contribution is 7.87. The maximum Gasteiger partial charge on any atom is 0.327 e. The van der Waals surface area contributed by atoms with E-state index < -0.39 is 22.2 Å². The van der Waals surface area contributed by atoms with Gasteiger partial charge in [0.2, 0.25) is 0 Å². The van der Waals surface area contributed by atoms with Gasteiger partial charge in [-0.1, -0.05) is 6.07 Å². The van der Waals surface area contributed by atoms with Gasteiger partial charge in [-0.3, -0.25) is 4.79 Å². The number of hydrogen-bond acceptors (Lipinski definition) is 4. The smallest absolute Gasteiger partial charge is 0.327 e. The molecule has 0 aliphatic heterocycles. The SMILES string of the molecule is NS(=O)(=O)NC(C(=O)O)c1cccs1. The van der Waals surface area contributed by atoms with E-state index in [1.54, 1.807) is 11.4 Å². The van der Waals surface area contributed by atoms with Crippen molar-refractivity contribution in [2.45, 2.75) is 6.04 Å². The van der Waals surface area contributed by atoms with Crippen molar-refractivity contribution in [2.24, 2.45) is 5.14 Å². The predicted octanol–water partition coefficient (Wildman–Crippen LogP) is -0.333. The van der Waals surface area contributed by atoms with E-state index in [1.807, 2.05) is 4.72 Å². The molecule has 1 aromatic rings. The minimum Gasteiger partial charge on any atom is -0.480 e. The Labute approximate surface area is 84.5 Å². The van der Waals surface area contributed by atoms with Crippen LogP contribution in [-0.2, 0) is 15.0 Å². The van der Waals surface area contributed by atoms with Crippen LogP contribution in [0.2, 0.25) is 0 Å². The molecule has 0 aliphatic rings. The van der Waals surface area contributed by atoms with Crippen LogP contribution in [0.5, 0.6) is 0 Å². The van der Waals surface area contributed by atoms with Gasteiger partial charge >= 0.3 is 5.97 Å². The Kier molecular flexibility index (Phi) is 3.21. The summed E-state index contributed by atoms with van der Waals surface area (Å²) in [6.07, 6.45) is 0. The van der Waals surface area contributed by atoms with Crippen molar-refractivity contribution in [3.05, 3.63) is 22.4 Å². The normalized spacial score (nSPS) is 13.8. The number of aliphatic carboxylic acids is 1. The van der Waals surface area contributed by atoms with E-state index in [2.05, 4.69) is 5.14 Å². The second-order valence-electron chi connectivity index (χ2n) is 2.45. The van der Waals surface area contributed by atoms with Gasteiger partial charge in [-0.05, 0) is 11.4 Å². The van der Waals surface area contributed by atoms with Crippen molar-refractivity contribution in [3.8, 4) is 0 Å². The lowest BCUT2D eigenvalue weighted by molar-refractivity contribution is -0.139. The third kappa shape index (κ3) is 3.07. The van der Waals surface area contributed by atoms with Gasteiger partial charge < -0.3 is 5.11 Å². The van der Waals surface area contributed by atoms with E-state index in [4.69, 9.17) is 5.11 Å². The summed E-state index contributed by atoms with van der Waals surface area (Å²) in [7, 11) is -4.02. The molecule has 0 bridgehead atoms. The molecular formula is C6H8N2O4S2. The van der Waals surface area contributed by atoms with E-state index in [0.717, 1.165) is 11.3 Å². The third-order valence-electron chi connectivity index (χ3n) is 1.36. The molecule has 6 nitrogen and oxygen atoms in total. The molecule has 0 radical (unpaired) electrons. The molecule has 0 aliphatic carbocycles. The first kappa shape index (κ1) is 11.1. The van der Waals surface area contributed by atoms with Gasteiger partial charge in [-0.2, -0.15) is 13.1 Å². The Morgan fingerprint density at radius 2 is 2.29 bits per heavy atom. The number of nitrogens with two attached hydrogens (primary N) is 1. The first-order valence-corrected chi connectivity index (χ1v) is 5.89. The number of carboxylic acid groups (broad SMARTS) is 1. The van der Waals surface area contributed by atoms with Crippen LogP contribution < -0.4 is 9.86 Å². The summed E-state index contributed by atoms with van der Waals surface area (Å²) in [6, 6.07) is 1.83. The molecule has 1 aromatic heterocycles. The lowest BCUT2D eigenvalue weighted by Crippen LogP contribution is -2.37. The van der Waals surface area contributed by atoms with Crippen molar-refractivity contribution in [2.75, 3.05) is 0 Å². The first-order valence-electron chi connectivity index (χ1n) is 3.46. The fraction of sp³-hybridized carbons (Fsp3) is 0.167. The van der Waals surface area contributed by atoms with Crippen LogP contribution in [0.3, 0.4) is 0 Å². The highest BCUT2D eigenvalue weighted by Crippen LogP contribution is 2.19. The summed E-state index contributed by atoms with van der Waals surface area (Å²) in [6.45, 7) is 0. The van der Waals surface area contributed by atoms with Gasteiger partial charge in [0.25, 0.3) is 10.2 Å². The highest BCUT2D eigenvalue weighted by Gasteiger charge is 2.24. The van der Waals surface area contributed by atoms with E-state index in [0.29, 0.717) is 4.88 Å². The molecule has 0 spiro atoms. The number of thiophene rings is 1. The molecule has 14 heavy (non-hydrogen) atoms. The molecule has 1 heterocycles. The summed E-state index contributed by atoms with van der Waals surface area (Å²) >= 11 is 1.14. The summed E-state index contributed by atoms with van der Waals surface area (Å²) in [5, 5.41) is 15.1. The van der Waals surface area contributed by atoms with Gasteiger partial charge in [0.1, 0.15) is 0 Å². The second kappa shape index (κ2) is 4.05. The zero-order valence-corrected chi connectivity index (χ0v) is 8.51. The van der Waals surface area contributed by atoms with Gasteiger partial charge in [-0.15, -0.1) is 11.3 Å². The molecule has 4 N–H and O–H groups in total. The van der Waals surface area contributed by atoms with Gasteiger partial charge in [0, 0.05) is 4.88 Å². The molecule has 0 aromatic carbocycles. The van der Waals surface area contributed by atoms with Crippen molar-refractivity contribution >= 4 is 27.5 Å². The van der Waals surface area contributed by atoms with Gasteiger partial charge in [0.05, 0.1) is 0 Å². The van der Waals surface area contributed by atoms with Crippen LogP contribution in [-0.4, -0.2) is 19.5 Å².